The molecule has 0 bridgehead atoms. The maximum absolute atomic E-state index is 4.77. The highest BCUT2D eigenvalue weighted by molar-refractivity contribution is 5.65. The van der Waals surface area contributed by atoms with Gasteiger partial charge in [-0.2, -0.15) is 10.1 Å². The Bertz CT molecular complexity index is 715. The van der Waals surface area contributed by atoms with Crippen LogP contribution in [0.5, 0.6) is 0 Å². The molecule has 1 N–H and O–H groups in total. The van der Waals surface area contributed by atoms with Crippen molar-refractivity contribution in [2.24, 2.45) is 5.92 Å². The molecule has 1 unspecified atom stereocenters. The zero-order valence-corrected chi connectivity index (χ0v) is 16.7. The predicted molar refractivity (Wildman–Crippen MR) is 108 cm³/mol. The number of hydrogen-bond acceptors (Lipinski definition) is 5. The molecule has 26 heavy (non-hydrogen) atoms. The van der Waals surface area contributed by atoms with Crippen LogP contribution in [0.1, 0.15) is 70.4 Å². The SMILES string of the molecule is CC1CCCN(c2cnnc(Nc3c(C(C)C)cccc3C(C)C)n2)C1. The van der Waals surface area contributed by atoms with Crippen molar-refractivity contribution < 1.29 is 0 Å². The lowest BCUT2D eigenvalue weighted by atomic mass is 9.93. The first-order chi connectivity index (χ1) is 12.5. The molecule has 2 aromatic rings. The van der Waals surface area contributed by atoms with Crippen molar-refractivity contribution in [3.8, 4) is 0 Å². The fourth-order valence-electron chi connectivity index (χ4n) is 3.70. The molecule has 0 radical (unpaired) electrons. The van der Waals surface area contributed by atoms with E-state index in [2.05, 4.69) is 73.2 Å². The fourth-order valence-corrected chi connectivity index (χ4v) is 3.70. The Labute approximate surface area is 157 Å². The largest absolute Gasteiger partial charge is 0.355 e. The first kappa shape index (κ1) is 18.6. The third-order valence-corrected chi connectivity index (χ3v) is 5.14. The second-order valence-corrected chi connectivity index (χ2v) is 8.08. The highest BCUT2D eigenvalue weighted by Crippen LogP contribution is 2.34. The van der Waals surface area contributed by atoms with Gasteiger partial charge < -0.3 is 10.2 Å². The van der Waals surface area contributed by atoms with Crippen LogP contribution in [0.2, 0.25) is 0 Å². The average Bonchev–Trinajstić information content (AvgIpc) is 2.61. The number of piperidine rings is 1. The minimum Gasteiger partial charge on any atom is -0.355 e. The van der Waals surface area contributed by atoms with E-state index in [4.69, 9.17) is 4.98 Å². The minimum atomic E-state index is 0.426. The van der Waals surface area contributed by atoms with Crippen LogP contribution < -0.4 is 10.2 Å². The maximum atomic E-state index is 4.77. The summed E-state index contributed by atoms with van der Waals surface area (Å²) in [4.78, 5) is 7.09. The van der Waals surface area contributed by atoms with Gasteiger partial charge in [0.15, 0.2) is 5.82 Å². The molecule has 5 nitrogen and oxygen atoms in total. The lowest BCUT2D eigenvalue weighted by Gasteiger charge is -2.31. The van der Waals surface area contributed by atoms with Crippen molar-refractivity contribution >= 4 is 17.5 Å². The van der Waals surface area contributed by atoms with E-state index in [0.29, 0.717) is 23.7 Å². The summed E-state index contributed by atoms with van der Waals surface area (Å²) in [5.74, 6) is 3.05. The van der Waals surface area contributed by atoms with E-state index in [0.717, 1.165) is 24.6 Å². The number of hydrogen-bond donors (Lipinski definition) is 1. The zero-order valence-electron chi connectivity index (χ0n) is 16.7. The molecule has 5 heteroatoms. The Morgan fingerprint density at radius 3 is 2.42 bits per heavy atom. The molecular weight excluding hydrogens is 322 g/mol. The number of nitrogens with zero attached hydrogens (tertiary/aromatic N) is 4. The quantitative estimate of drug-likeness (QED) is 0.810. The standard InChI is InChI=1S/C21H31N5/c1-14(2)17-9-6-10-18(15(3)4)20(17)24-21-23-19(12-22-25-21)26-11-7-8-16(5)13-26/h6,9-10,12,14-16H,7-8,11,13H2,1-5H3,(H,23,24,25). The molecule has 2 heterocycles. The van der Waals surface area contributed by atoms with Crippen LogP contribution >= 0.6 is 0 Å². The van der Waals surface area contributed by atoms with Crippen LogP contribution in [-0.2, 0) is 0 Å². The Hall–Kier alpha value is -2.17. The van der Waals surface area contributed by atoms with E-state index in [1.54, 1.807) is 6.20 Å². The summed E-state index contributed by atoms with van der Waals surface area (Å²) in [6, 6.07) is 6.51. The van der Waals surface area contributed by atoms with E-state index >= 15 is 0 Å². The molecule has 1 fully saturated rings. The van der Waals surface area contributed by atoms with E-state index in [9.17, 15) is 0 Å². The molecule has 1 aromatic carbocycles. The van der Waals surface area contributed by atoms with Gasteiger partial charge in [0.25, 0.3) is 0 Å². The highest BCUT2D eigenvalue weighted by Gasteiger charge is 2.19. The highest BCUT2D eigenvalue weighted by atomic mass is 15.3. The van der Waals surface area contributed by atoms with Crippen molar-refractivity contribution in [1.29, 1.82) is 0 Å². The van der Waals surface area contributed by atoms with Gasteiger partial charge in [-0.25, -0.2) is 0 Å². The molecule has 140 valence electrons. The molecule has 1 aliphatic heterocycles. The van der Waals surface area contributed by atoms with Crippen molar-refractivity contribution in [2.75, 3.05) is 23.3 Å². The number of para-hydroxylation sites is 1. The van der Waals surface area contributed by atoms with E-state index in [-0.39, 0.29) is 0 Å². The molecular formula is C21H31N5. The molecule has 1 aromatic heterocycles. The third-order valence-electron chi connectivity index (χ3n) is 5.14. The lowest BCUT2D eigenvalue weighted by Crippen LogP contribution is -2.35. The van der Waals surface area contributed by atoms with Crippen molar-refractivity contribution in [3.05, 3.63) is 35.5 Å². The van der Waals surface area contributed by atoms with Gasteiger partial charge in [0.1, 0.15) is 0 Å². The molecule has 0 saturated carbocycles. The van der Waals surface area contributed by atoms with Gasteiger partial charge in [0.05, 0.1) is 6.20 Å². The Kier molecular flexibility index (Phi) is 5.74. The smallest absolute Gasteiger partial charge is 0.249 e. The summed E-state index contributed by atoms with van der Waals surface area (Å²) < 4.78 is 0. The van der Waals surface area contributed by atoms with Crippen molar-refractivity contribution in [1.82, 2.24) is 15.2 Å². The average molecular weight is 354 g/mol. The number of benzene rings is 1. The van der Waals surface area contributed by atoms with Crippen LogP contribution in [0.25, 0.3) is 0 Å². The minimum absolute atomic E-state index is 0.426. The Morgan fingerprint density at radius 1 is 1.12 bits per heavy atom. The summed E-state index contributed by atoms with van der Waals surface area (Å²) in [5, 5.41) is 11.9. The lowest BCUT2D eigenvalue weighted by molar-refractivity contribution is 0.444. The predicted octanol–water partition coefficient (Wildman–Crippen LogP) is 5.10. The Balaban J connectivity index is 1.91. The van der Waals surface area contributed by atoms with Crippen LogP contribution in [0.4, 0.5) is 17.5 Å². The molecule has 0 amide bonds. The van der Waals surface area contributed by atoms with Gasteiger partial charge in [0.2, 0.25) is 5.95 Å². The number of rotatable bonds is 5. The zero-order chi connectivity index (χ0) is 18.7. The topological polar surface area (TPSA) is 53.9 Å². The number of anilines is 3. The fraction of sp³-hybridized carbons (Fsp3) is 0.571. The van der Waals surface area contributed by atoms with Gasteiger partial charge in [-0.1, -0.05) is 52.8 Å². The van der Waals surface area contributed by atoms with E-state index in [1.165, 1.54) is 24.0 Å². The normalized spacial score (nSPS) is 17.8. The van der Waals surface area contributed by atoms with Gasteiger partial charge >= 0.3 is 0 Å². The molecule has 1 saturated heterocycles. The first-order valence-corrected chi connectivity index (χ1v) is 9.80. The van der Waals surface area contributed by atoms with Crippen LogP contribution in [0.15, 0.2) is 24.4 Å². The van der Waals surface area contributed by atoms with Gasteiger partial charge in [-0.15, -0.1) is 5.10 Å². The van der Waals surface area contributed by atoms with Crippen molar-refractivity contribution in [3.63, 3.8) is 0 Å². The van der Waals surface area contributed by atoms with Gasteiger partial charge in [-0.3, -0.25) is 0 Å². The van der Waals surface area contributed by atoms with Crippen LogP contribution in [0.3, 0.4) is 0 Å². The second-order valence-electron chi connectivity index (χ2n) is 8.08. The summed E-state index contributed by atoms with van der Waals surface area (Å²) in [6.45, 7) is 13.3. The van der Waals surface area contributed by atoms with Crippen LogP contribution in [0, 0.1) is 5.92 Å². The third kappa shape index (κ3) is 4.14. The number of nitrogens with one attached hydrogen (secondary N) is 1. The second kappa shape index (κ2) is 8.02. The van der Waals surface area contributed by atoms with Gasteiger partial charge in [-0.05, 0) is 41.7 Å². The molecule has 1 atom stereocenters. The van der Waals surface area contributed by atoms with E-state index in [1.807, 2.05) is 0 Å². The first-order valence-electron chi connectivity index (χ1n) is 9.80. The Morgan fingerprint density at radius 2 is 1.81 bits per heavy atom. The van der Waals surface area contributed by atoms with Crippen LogP contribution in [-0.4, -0.2) is 28.3 Å². The monoisotopic (exact) mass is 353 g/mol. The maximum Gasteiger partial charge on any atom is 0.249 e. The molecule has 0 aliphatic carbocycles. The summed E-state index contributed by atoms with van der Waals surface area (Å²) >= 11 is 0. The summed E-state index contributed by atoms with van der Waals surface area (Å²) in [5.41, 5.74) is 3.71. The summed E-state index contributed by atoms with van der Waals surface area (Å²) in [6.07, 6.45) is 4.28. The molecule has 1 aliphatic rings. The summed E-state index contributed by atoms with van der Waals surface area (Å²) in [7, 11) is 0. The van der Waals surface area contributed by atoms with E-state index < -0.39 is 0 Å². The number of aromatic nitrogens is 3. The van der Waals surface area contributed by atoms with Crippen molar-refractivity contribution in [2.45, 2.75) is 59.3 Å². The molecule has 3 rings (SSSR count). The van der Waals surface area contributed by atoms with Gasteiger partial charge in [0, 0.05) is 18.8 Å². The molecule has 0 spiro atoms.